The van der Waals surface area contributed by atoms with Crippen LogP contribution in [0.25, 0.3) is 0 Å². The summed E-state index contributed by atoms with van der Waals surface area (Å²) in [5, 5.41) is 3.11. The van der Waals surface area contributed by atoms with E-state index in [2.05, 4.69) is 94.1 Å². The summed E-state index contributed by atoms with van der Waals surface area (Å²) >= 11 is 0. The lowest BCUT2D eigenvalue weighted by Crippen LogP contribution is -2.67. The van der Waals surface area contributed by atoms with Gasteiger partial charge in [-0.3, -0.25) is 0 Å². The summed E-state index contributed by atoms with van der Waals surface area (Å²) in [6.07, 6.45) is 5.88. The molecule has 1 N–H and O–H groups in total. The van der Waals surface area contributed by atoms with E-state index in [1.165, 1.54) is 5.19 Å². The normalized spacial score (nSPS) is 18.7. The van der Waals surface area contributed by atoms with E-state index in [-0.39, 0.29) is 5.41 Å². The van der Waals surface area contributed by atoms with Crippen LogP contribution in [0.2, 0.25) is 26.2 Å². The lowest BCUT2D eigenvalue weighted by Gasteiger charge is -2.39. The largest absolute Gasteiger partial charge is 0.352 e. The van der Waals surface area contributed by atoms with Gasteiger partial charge < -0.3 is 4.65 Å². The molecule has 1 aliphatic carbocycles. The zero-order chi connectivity index (χ0) is 16.6. The van der Waals surface area contributed by atoms with Gasteiger partial charge in [-0.15, -0.1) is 0 Å². The molecule has 0 amide bonds. The fourth-order valence-electron chi connectivity index (χ4n) is 3.50. The van der Waals surface area contributed by atoms with Crippen LogP contribution in [0.1, 0.15) is 27.2 Å². The summed E-state index contributed by atoms with van der Waals surface area (Å²) in [5.41, 5.74) is 1.86. The molecule has 1 unspecified atom stereocenters. The standard InChI is InChI=1S/C19H31NSi2/c1-19(2,3)17-14-11-15-18(17)22(7,20-21(4,5)6)16-12-9-8-10-13-16/h8-13,15,20H,14H2,1-7H3. The Morgan fingerprint density at radius 2 is 1.55 bits per heavy atom. The van der Waals surface area contributed by atoms with E-state index in [0.29, 0.717) is 0 Å². The van der Waals surface area contributed by atoms with E-state index >= 15 is 0 Å². The first-order valence-electron chi connectivity index (χ1n) is 8.29. The van der Waals surface area contributed by atoms with Crippen molar-refractivity contribution in [3.63, 3.8) is 0 Å². The Hall–Kier alpha value is -0.906. The molecule has 0 bridgehead atoms. The minimum Gasteiger partial charge on any atom is -0.352 e. The van der Waals surface area contributed by atoms with Gasteiger partial charge >= 0.3 is 0 Å². The molecule has 2 rings (SSSR count). The maximum absolute atomic E-state index is 4.16. The van der Waals surface area contributed by atoms with Crippen molar-refractivity contribution in [2.24, 2.45) is 5.41 Å². The third-order valence-electron chi connectivity index (χ3n) is 4.35. The van der Waals surface area contributed by atoms with Gasteiger partial charge in [0.2, 0.25) is 0 Å². The van der Waals surface area contributed by atoms with Crippen LogP contribution in [-0.2, 0) is 0 Å². The van der Waals surface area contributed by atoms with Gasteiger partial charge in [0.05, 0.1) is 0 Å². The van der Waals surface area contributed by atoms with E-state index < -0.39 is 16.5 Å². The minimum atomic E-state index is -1.90. The average molecular weight is 330 g/mol. The number of allylic oxidation sites excluding steroid dienone is 4. The van der Waals surface area contributed by atoms with Crippen molar-refractivity contribution < 1.29 is 0 Å². The highest BCUT2D eigenvalue weighted by molar-refractivity contribution is 7.03. The number of rotatable bonds is 4. The van der Waals surface area contributed by atoms with Gasteiger partial charge in [-0.25, -0.2) is 0 Å². The number of nitrogens with one attached hydrogen (secondary N) is 1. The predicted molar refractivity (Wildman–Crippen MR) is 104 cm³/mol. The lowest BCUT2D eigenvalue weighted by molar-refractivity contribution is 0.495. The molecule has 1 aromatic carbocycles. The summed E-state index contributed by atoms with van der Waals surface area (Å²) in [6.45, 7) is 16.8. The maximum Gasteiger partial charge on any atom is 0.180 e. The number of benzene rings is 1. The maximum atomic E-state index is 4.16. The van der Waals surface area contributed by atoms with Gasteiger partial charge in [-0.2, -0.15) is 0 Å². The van der Waals surface area contributed by atoms with Crippen LogP contribution in [0.5, 0.6) is 0 Å². The van der Waals surface area contributed by atoms with Crippen LogP contribution >= 0.6 is 0 Å². The first-order chi connectivity index (χ1) is 10.0. The summed E-state index contributed by atoms with van der Waals surface area (Å²) in [4.78, 5) is 0. The van der Waals surface area contributed by atoms with Gasteiger partial charge in [0, 0.05) is 0 Å². The lowest BCUT2D eigenvalue weighted by atomic mass is 9.86. The number of hydrogen-bond donors (Lipinski definition) is 1. The van der Waals surface area contributed by atoms with Crippen LogP contribution in [0.15, 0.2) is 53.3 Å². The van der Waals surface area contributed by atoms with Crippen LogP contribution in [0.4, 0.5) is 0 Å². The van der Waals surface area contributed by atoms with Gasteiger partial charge in [0.25, 0.3) is 0 Å². The van der Waals surface area contributed by atoms with Crippen molar-refractivity contribution in [1.82, 2.24) is 4.65 Å². The third-order valence-corrected chi connectivity index (χ3v) is 12.4. The minimum absolute atomic E-state index is 0.239. The van der Waals surface area contributed by atoms with Crippen LogP contribution in [0, 0.1) is 5.41 Å². The Labute approximate surface area is 138 Å². The first-order valence-corrected chi connectivity index (χ1v) is 14.3. The Balaban J connectivity index is 2.62. The molecule has 0 spiro atoms. The second kappa shape index (κ2) is 5.95. The van der Waals surface area contributed by atoms with E-state index in [4.69, 9.17) is 0 Å². The summed E-state index contributed by atoms with van der Waals surface area (Å²) in [6, 6.07) is 11.1. The molecule has 22 heavy (non-hydrogen) atoms. The molecule has 1 atom stereocenters. The molecule has 1 aromatic rings. The molecule has 1 aliphatic rings. The molecule has 120 valence electrons. The molecule has 0 aromatic heterocycles. The zero-order valence-electron chi connectivity index (χ0n) is 15.2. The topological polar surface area (TPSA) is 12.0 Å². The smallest absolute Gasteiger partial charge is 0.180 e. The Bertz CT molecular complexity index is 588. The summed E-state index contributed by atoms with van der Waals surface area (Å²) in [7, 11) is -3.28. The number of hydrogen-bond acceptors (Lipinski definition) is 1. The van der Waals surface area contributed by atoms with Crippen LogP contribution < -0.4 is 9.83 Å². The van der Waals surface area contributed by atoms with Crippen molar-refractivity contribution in [2.45, 2.75) is 53.4 Å². The van der Waals surface area contributed by atoms with Crippen molar-refractivity contribution in [2.75, 3.05) is 0 Å². The van der Waals surface area contributed by atoms with E-state index in [1.54, 1.807) is 10.8 Å². The molecule has 0 radical (unpaired) electrons. The highest BCUT2D eigenvalue weighted by atomic mass is 28.4. The molecule has 0 aliphatic heterocycles. The fraction of sp³-hybridized carbons (Fsp3) is 0.474. The molecular weight excluding hydrogens is 298 g/mol. The van der Waals surface area contributed by atoms with Crippen molar-refractivity contribution in [1.29, 1.82) is 0 Å². The van der Waals surface area contributed by atoms with Crippen LogP contribution in [-0.4, -0.2) is 16.5 Å². The Morgan fingerprint density at radius 1 is 0.955 bits per heavy atom. The predicted octanol–water partition coefficient (Wildman–Crippen LogP) is 4.74. The van der Waals surface area contributed by atoms with Gasteiger partial charge in [0.15, 0.2) is 8.24 Å². The molecule has 3 heteroatoms. The van der Waals surface area contributed by atoms with E-state index in [1.807, 2.05) is 0 Å². The van der Waals surface area contributed by atoms with E-state index in [9.17, 15) is 0 Å². The Kier molecular flexibility index (Phi) is 4.72. The van der Waals surface area contributed by atoms with Crippen LogP contribution in [0.3, 0.4) is 0 Å². The zero-order valence-corrected chi connectivity index (χ0v) is 17.2. The molecule has 0 saturated heterocycles. The molecule has 0 saturated carbocycles. The fourth-order valence-corrected chi connectivity index (χ4v) is 13.3. The molecular formula is C19H31NSi2. The van der Waals surface area contributed by atoms with Crippen molar-refractivity contribution >= 4 is 21.7 Å². The Morgan fingerprint density at radius 3 is 2.05 bits per heavy atom. The monoisotopic (exact) mass is 329 g/mol. The highest BCUT2D eigenvalue weighted by Crippen LogP contribution is 2.38. The summed E-state index contributed by atoms with van der Waals surface area (Å²) in [5.74, 6) is 0. The first kappa shape index (κ1) is 17.4. The molecule has 0 fully saturated rings. The third kappa shape index (κ3) is 3.70. The van der Waals surface area contributed by atoms with Crippen molar-refractivity contribution in [3.05, 3.63) is 53.3 Å². The van der Waals surface area contributed by atoms with Gasteiger partial charge in [0.1, 0.15) is 8.24 Å². The molecule has 0 heterocycles. The second-order valence-corrected chi connectivity index (χ2v) is 17.5. The quantitative estimate of drug-likeness (QED) is 0.787. The van der Waals surface area contributed by atoms with Crippen molar-refractivity contribution in [3.8, 4) is 0 Å². The SMILES string of the molecule is CC(C)(C)C1=C([Si](C)(N[Si](C)(C)C)c2ccccc2)C=CC1. The second-order valence-electron chi connectivity index (χ2n) is 8.61. The highest BCUT2D eigenvalue weighted by Gasteiger charge is 2.41. The molecule has 1 nitrogen and oxygen atoms in total. The van der Waals surface area contributed by atoms with E-state index in [0.717, 1.165) is 6.42 Å². The summed E-state index contributed by atoms with van der Waals surface area (Å²) < 4.78 is 4.16. The van der Waals surface area contributed by atoms with Gasteiger partial charge in [-0.05, 0) is 28.8 Å². The average Bonchev–Trinajstić information content (AvgIpc) is 2.87. The van der Waals surface area contributed by atoms with Gasteiger partial charge in [-0.1, -0.05) is 88.5 Å².